The Kier molecular flexibility index (Phi) is 15.8. The third-order valence-corrected chi connectivity index (χ3v) is 7.94. The van der Waals surface area contributed by atoms with E-state index in [2.05, 4.69) is 35.7 Å². The molecule has 0 spiro atoms. The van der Waals surface area contributed by atoms with E-state index >= 15 is 0 Å². The second kappa shape index (κ2) is 18.6. The van der Waals surface area contributed by atoms with Gasteiger partial charge in [-0.25, -0.2) is 4.79 Å². The van der Waals surface area contributed by atoms with Crippen molar-refractivity contribution in [3.8, 4) is 5.88 Å². The first kappa shape index (κ1) is 31.5. The van der Waals surface area contributed by atoms with Crippen LogP contribution < -0.4 is 4.74 Å². The van der Waals surface area contributed by atoms with Gasteiger partial charge in [0.1, 0.15) is 12.2 Å². The Labute approximate surface area is 229 Å². The van der Waals surface area contributed by atoms with Crippen LogP contribution in [0.25, 0.3) is 5.57 Å². The summed E-state index contributed by atoms with van der Waals surface area (Å²) >= 11 is 1.19. The van der Waals surface area contributed by atoms with Gasteiger partial charge in [0.15, 0.2) is 0 Å². The zero-order valence-electron chi connectivity index (χ0n) is 24.0. The first-order chi connectivity index (χ1) is 18.0. The number of unbranched alkanes of at least 4 members (excludes halogenated alkanes) is 12. The van der Waals surface area contributed by atoms with E-state index in [4.69, 9.17) is 14.2 Å². The van der Waals surface area contributed by atoms with Crippen molar-refractivity contribution >= 4 is 23.5 Å². The van der Waals surface area contributed by atoms with Crippen molar-refractivity contribution in [2.45, 2.75) is 123 Å². The molecule has 212 valence electrons. The Morgan fingerprint density at radius 2 is 1.51 bits per heavy atom. The van der Waals surface area contributed by atoms with Crippen molar-refractivity contribution in [3.63, 3.8) is 0 Å². The minimum atomic E-state index is -0.565. The summed E-state index contributed by atoms with van der Waals surface area (Å²) in [6, 6.07) is 0. The lowest BCUT2D eigenvalue weighted by molar-refractivity contribution is -0.944. The highest BCUT2D eigenvalue weighted by molar-refractivity contribution is 6.99. The van der Waals surface area contributed by atoms with E-state index in [9.17, 15) is 4.79 Å². The second-order valence-electron chi connectivity index (χ2n) is 10.7. The van der Waals surface area contributed by atoms with E-state index < -0.39 is 6.16 Å². The van der Waals surface area contributed by atoms with Crippen LogP contribution in [0.5, 0.6) is 5.88 Å². The Balaban J connectivity index is 1.67. The molecule has 7 nitrogen and oxygen atoms in total. The van der Waals surface area contributed by atoms with Gasteiger partial charge in [-0.05, 0) is 12.8 Å². The van der Waals surface area contributed by atoms with Crippen molar-refractivity contribution < 1.29 is 23.5 Å². The van der Waals surface area contributed by atoms with E-state index in [0.717, 1.165) is 43.5 Å². The van der Waals surface area contributed by atoms with Gasteiger partial charge in [-0.1, -0.05) is 97.0 Å². The van der Waals surface area contributed by atoms with Crippen molar-refractivity contribution in [3.05, 3.63) is 11.8 Å². The van der Waals surface area contributed by atoms with Crippen LogP contribution in [0.3, 0.4) is 0 Å². The van der Waals surface area contributed by atoms with Crippen LogP contribution in [0.15, 0.2) is 6.08 Å². The molecule has 37 heavy (non-hydrogen) atoms. The normalized spacial score (nSPS) is 18.3. The molecule has 2 atom stereocenters. The number of nitrogens with zero attached hydrogens (tertiary/aromatic N) is 3. The summed E-state index contributed by atoms with van der Waals surface area (Å²) in [6.07, 6.45) is 19.4. The number of carbonyl (C=O) groups excluding carboxylic acids is 1. The van der Waals surface area contributed by atoms with Gasteiger partial charge in [0, 0.05) is 18.9 Å². The topological polar surface area (TPSA) is 70.5 Å². The Morgan fingerprint density at radius 3 is 2.19 bits per heavy atom. The average molecular weight is 539 g/mol. The maximum absolute atomic E-state index is 12.3. The third kappa shape index (κ3) is 12.2. The molecule has 0 bridgehead atoms. The molecule has 1 aromatic rings. The predicted octanol–water partition coefficient (Wildman–Crippen LogP) is 8.15. The summed E-state index contributed by atoms with van der Waals surface area (Å²) in [5, 5.41) is 0. The zero-order chi connectivity index (χ0) is 26.8. The van der Waals surface area contributed by atoms with Crippen molar-refractivity contribution in [2.24, 2.45) is 0 Å². The number of ether oxygens (including phenoxy) is 3. The summed E-state index contributed by atoms with van der Waals surface area (Å²) in [5.41, 5.74) is 1.94. The third-order valence-electron chi connectivity index (χ3n) is 7.42. The quantitative estimate of drug-likeness (QED) is 0.0947. The second-order valence-corrected chi connectivity index (χ2v) is 11.2. The predicted molar refractivity (Wildman–Crippen MR) is 152 cm³/mol. The first-order valence-corrected chi connectivity index (χ1v) is 15.6. The summed E-state index contributed by atoms with van der Waals surface area (Å²) in [6.45, 7) is 9.12. The molecule has 2 rings (SSSR count). The number of likely N-dealkylation sites (N-methyl/N-ethyl adjacent to an activating group) is 1. The fraction of sp³-hybridized carbons (Fsp3) is 0.828. The van der Waals surface area contributed by atoms with Gasteiger partial charge in [0.25, 0.3) is 5.88 Å². The van der Waals surface area contributed by atoms with E-state index in [1.165, 1.54) is 82.4 Å². The standard InChI is InChI=1S/C29H52N3O4S/c1-5-7-9-11-12-13-14-15-16-18-23-35-29(33)36-25(3)32(4)21-19-20-26(24-32)27-28(31-37-30-27)34-22-17-10-8-6-2/h20,25H,5-19,21-24H2,1-4H3/q+1/t25-,32?/m1/s1. The van der Waals surface area contributed by atoms with Gasteiger partial charge >= 0.3 is 6.16 Å². The lowest BCUT2D eigenvalue weighted by Gasteiger charge is -2.41. The number of hydrogen-bond acceptors (Lipinski definition) is 7. The number of rotatable bonds is 20. The van der Waals surface area contributed by atoms with E-state index in [1.54, 1.807) is 0 Å². The van der Waals surface area contributed by atoms with E-state index in [1.807, 2.05) is 6.92 Å². The molecule has 0 saturated carbocycles. The molecular weight excluding hydrogens is 486 g/mol. The molecule has 0 N–H and O–H groups in total. The maximum atomic E-state index is 12.3. The number of hydrogen-bond donors (Lipinski definition) is 0. The molecule has 0 saturated heterocycles. The summed E-state index contributed by atoms with van der Waals surface area (Å²) in [7, 11) is 2.12. The molecule has 0 radical (unpaired) electrons. The van der Waals surface area contributed by atoms with Crippen molar-refractivity contribution in [1.82, 2.24) is 8.75 Å². The van der Waals surface area contributed by atoms with Crippen LogP contribution in [0, 0.1) is 0 Å². The highest BCUT2D eigenvalue weighted by Crippen LogP contribution is 2.31. The number of aromatic nitrogens is 2. The van der Waals surface area contributed by atoms with Gasteiger partial charge in [-0.3, -0.25) is 4.48 Å². The van der Waals surface area contributed by atoms with Gasteiger partial charge in [0.2, 0.25) is 6.23 Å². The van der Waals surface area contributed by atoms with E-state index in [-0.39, 0.29) is 6.23 Å². The fourth-order valence-corrected chi connectivity index (χ4v) is 5.29. The summed E-state index contributed by atoms with van der Waals surface area (Å²) in [4.78, 5) is 12.3. The van der Waals surface area contributed by atoms with E-state index in [0.29, 0.717) is 30.1 Å². The molecule has 0 amide bonds. The Hall–Kier alpha value is -1.67. The Bertz CT molecular complexity index is 785. The summed E-state index contributed by atoms with van der Waals surface area (Å²) in [5.74, 6) is 0.630. The maximum Gasteiger partial charge on any atom is 0.512 e. The Morgan fingerprint density at radius 1 is 0.919 bits per heavy atom. The van der Waals surface area contributed by atoms with Crippen molar-refractivity contribution in [2.75, 3.05) is 33.4 Å². The lowest BCUT2D eigenvalue weighted by Crippen LogP contribution is -2.55. The van der Waals surface area contributed by atoms with Crippen LogP contribution in [0.4, 0.5) is 4.79 Å². The minimum absolute atomic E-state index is 0.311. The smallest absolute Gasteiger partial charge is 0.475 e. The van der Waals surface area contributed by atoms with Crippen LogP contribution in [-0.4, -0.2) is 59.0 Å². The van der Waals surface area contributed by atoms with Gasteiger partial charge < -0.3 is 14.2 Å². The van der Waals surface area contributed by atoms with Gasteiger partial charge in [-0.15, -0.1) is 4.37 Å². The fourth-order valence-electron chi connectivity index (χ4n) is 4.76. The molecular formula is C29H52N3O4S+. The molecule has 0 fully saturated rings. The molecule has 8 heteroatoms. The summed E-state index contributed by atoms with van der Waals surface area (Å²) < 4.78 is 26.5. The molecule has 0 aliphatic carbocycles. The lowest BCUT2D eigenvalue weighted by atomic mass is 10.0. The number of carbonyl (C=O) groups is 1. The molecule has 1 unspecified atom stereocenters. The van der Waals surface area contributed by atoms with Crippen LogP contribution >= 0.6 is 11.7 Å². The molecule has 2 heterocycles. The average Bonchev–Trinajstić information content (AvgIpc) is 3.36. The largest absolute Gasteiger partial charge is 0.512 e. The molecule has 1 aliphatic heterocycles. The highest BCUT2D eigenvalue weighted by Gasteiger charge is 2.37. The van der Waals surface area contributed by atoms with Crippen LogP contribution in [0.1, 0.15) is 123 Å². The molecule has 1 aromatic heterocycles. The van der Waals surface area contributed by atoms with Crippen LogP contribution in [0.2, 0.25) is 0 Å². The molecule has 1 aliphatic rings. The van der Waals surface area contributed by atoms with Crippen LogP contribution in [-0.2, 0) is 9.47 Å². The molecule has 0 aromatic carbocycles. The highest BCUT2D eigenvalue weighted by atomic mass is 32.1. The first-order valence-electron chi connectivity index (χ1n) is 14.8. The monoisotopic (exact) mass is 538 g/mol. The minimum Gasteiger partial charge on any atom is -0.475 e. The van der Waals surface area contributed by atoms with Crippen molar-refractivity contribution in [1.29, 1.82) is 0 Å². The number of quaternary nitrogens is 1. The SMILES string of the molecule is CCCCCCCCCCCCOC(=O)O[C@H](C)[N+]1(C)CCC=C(c2nsnc2OCCCCCC)C1. The van der Waals surface area contributed by atoms with Gasteiger partial charge in [0.05, 0.1) is 38.5 Å². The zero-order valence-corrected chi connectivity index (χ0v) is 24.8. The van der Waals surface area contributed by atoms with Gasteiger partial charge in [-0.2, -0.15) is 4.37 Å².